The Hall–Kier alpha value is -3.70. The van der Waals surface area contributed by atoms with Crippen molar-refractivity contribution < 1.29 is 4.74 Å². The van der Waals surface area contributed by atoms with E-state index in [0.29, 0.717) is 41.4 Å². The number of nitrogens with zero attached hydrogens (tertiary/aromatic N) is 4. The maximum atomic E-state index is 12.3. The Morgan fingerprint density at radius 2 is 2.06 bits per heavy atom. The molecule has 0 fully saturated rings. The number of H-pyrrole nitrogens is 1. The van der Waals surface area contributed by atoms with E-state index in [2.05, 4.69) is 21.0 Å². The van der Waals surface area contributed by atoms with Gasteiger partial charge in [0.15, 0.2) is 11.5 Å². The highest BCUT2D eigenvalue weighted by Gasteiger charge is 2.19. The van der Waals surface area contributed by atoms with E-state index >= 15 is 0 Å². The van der Waals surface area contributed by atoms with E-state index in [1.54, 1.807) is 34.9 Å². The molecule has 2 aliphatic heterocycles. The molecule has 2 aromatic carbocycles. The summed E-state index contributed by atoms with van der Waals surface area (Å²) >= 11 is 6.35. The number of nitriles is 1. The number of aryl methyl sites for hydroxylation is 2. The van der Waals surface area contributed by atoms with Crippen LogP contribution in [0.3, 0.4) is 0 Å². The Kier molecular flexibility index (Phi) is 5.69. The fourth-order valence-corrected chi connectivity index (χ4v) is 3.72. The molecule has 0 saturated carbocycles. The molecule has 2 heterocycles. The van der Waals surface area contributed by atoms with Gasteiger partial charge in [0.1, 0.15) is 5.75 Å². The van der Waals surface area contributed by atoms with Crippen LogP contribution in [0, 0.1) is 11.3 Å². The Morgan fingerprint density at radius 3 is 2.84 bits per heavy atom. The summed E-state index contributed by atoms with van der Waals surface area (Å²) in [6, 6.07) is 12.6. The third kappa shape index (κ3) is 4.13. The Morgan fingerprint density at radius 1 is 1.23 bits per heavy atom. The van der Waals surface area contributed by atoms with Crippen molar-refractivity contribution in [1.82, 2.24) is 19.5 Å². The lowest BCUT2D eigenvalue weighted by Crippen LogP contribution is -2.29. The van der Waals surface area contributed by atoms with Crippen LogP contribution in [-0.2, 0) is 13.0 Å². The normalized spacial score (nSPS) is 11.0. The molecule has 0 unspecified atom stereocenters. The molecule has 0 bridgehead atoms. The molecule has 0 amide bonds. The van der Waals surface area contributed by atoms with Gasteiger partial charge in [-0.1, -0.05) is 24.6 Å². The van der Waals surface area contributed by atoms with Gasteiger partial charge < -0.3 is 9.30 Å². The van der Waals surface area contributed by atoms with Gasteiger partial charge in [-0.05, 0) is 48.7 Å². The Bertz CT molecular complexity index is 1400. The minimum Gasteiger partial charge on any atom is -0.493 e. The van der Waals surface area contributed by atoms with Crippen molar-refractivity contribution in [2.24, 2.45) is 0 Å². The largest absolute Gasteiger partial charge is 0.493 e. The maximum Gasteiger partial charge on any atom is 0.349 e. The predicted octanol–water partition coefficient (Wildman–Crippen LogP) is 3.14. The van der Waals surface area contributed by atoms with Gasteiger partial charge in [0.2, 0.25) is 0 Å². The predicted molar refractivity (Wildman–Crippen MR) is 117 cm³/mol. The number of halogens is 1. The smallest absolute Gasteiger partial charge is 0.349 e. The quantitative estimate of drug-likeness (QED) is 0.367. The van der Waals surface area contributed by atoms with Gasteiger partial charge in [0.25, 0.3) is 5.56 Å². The molecule has 0 spiro atoms. The zero-order valence-corrected chi connectivity index (χ0v) is 17.4. The molecule has 0 radical (unpaired) electrons. The Balaban J connectivity index is 1.70. The summed E-state index contributed by atoms with van der Waals surface area (Å²) in [4.78, 5) is 34.7. The van der Waals surface area contributed by atoms with Crippen molar-refractivity contribution in [3.63, 3.8) is 0 Å². The van der Waals surface area contributed by atoms with Crippen LogP contribution >= 0.6 is 11.6 Å². The van der Waals surface area contributed by atoms with Crippen molar-refractivity contribution in [2.45, 2.75) is 26.3 Å². The molecule has 8 nitrogen and oxygen atoms in total. The minimum absolute atomic E-state index is 0.0788. The van der Waals surface area contributed by atoms with Crippen LogP contribution in [0.15, 0.2) is 46.0 Å². The first kappa shape index (κ1) is 20.6. The molecule has 0 saturated heterocycles. The zero-order valence-electron chi connectivity index (χ0n) is 16.7. The van der Waals surface area contributed by atoms with Gasteiger partial charge >= 0.3 is 5.69 Å². The first-order valence-electron chi connectivity index (χ1n) is 9.76. The average Bonchev–Trinajstić information content (AvgIpc) is 2.76. The second-order valence-corrected chi connectivity index (χ2v) is 7.34. The number of nitrogens with one attached hydrogen (secondary N) is 1. The van der Waals surface area contributed by atoms with Crippen LogP contribution in [0.25, 0.3) is 22.6 Å². The third-order valence-corrected chi connectivity index (χ3v) is 5.27. The van der Waals surface area contributed by atoms with E-state index < -0.39 is 11.2 Å². The van der Waals surface area contributed by atoms with E-state index in [-0.39, 0.29) is 11.5 Å². The highest BCUT2D eigenvalue weighted by molar-refractivity contribution is 6.32. The van der Waals surface area contributed by atoms with E-state index in [1.165, 1.54) is 0 Å². The first-order valence-corrected chi connectivity index (χ1v) is 10.1. The summed E-state index contributed by atoms with van der Waals surface area (Å²) in [6.07, 6.45) is 1.29. The standard InChI is InChI=1S/C22H18ClN5O3/c1-2-14-10-18-17(11-16(14)23)25-19-20(26-22(30)27-21(19)29)28(18)7-4-8-31-15-6-3-5-13(9-15)12-24/h3,5-6,9-11H,2,4,7-8H2,1H3,(H,27,29,30). The Labute approximate surface area is 182 Å². The number of fused-ring (bicyclic) bond motifs is 2. The summed E-state index contributed by atoms with van der Waals surface area (Å²) in [6.45, 7) is 2.80. The molecule has 4 rings (SSSR count). The number of aromatic nitrogens is 4. The van der Waals surface area contributed by atoms with Crippen molar-refractivity contribution >= 4 is 22.6 Å². The van der Waals surface area contributed by atoms with Crippen molar-refractivity contribution in [3.05, 3.63) is 73.4 Å². The molecular formula is C22H18ClN5O3. The summed E-state index contributed by atoms with van der Waals surface area (Å²) in [5.41, 5.74) is 1.50. The molecule has 31 heavy (non-hydrogen) atoms. The third-order valence-electron chi connectivity index (χ3n) is 4.92. The SMILES string of the molecule is CCc1cc2c(cc1Cl)nc1c(=O)[nH]c(=O)nc-1n2CCCOc1cccc(C#N)c1. The molecule has 9 heteroatoms. The molecule has 1 N–H and O–H groups in total. The van der Waals surface area contributed by atoms with E-state index in [4.69, 9.17) is 21.6 Å². The number of aromatic amines is 1. The molecule has 0 aromatic heterocycles. The van der Waals surface area contributed by atoms with Gasteiger partial charge in [-0.2, -0.15) is 10.2 Å². The van der Waals surface area contributed by atoms with Crippen LogP contribution < -0.4 is 16.0 Å². The van der Waals surface area contributed by atoms with E-state index in [1.807, 2.05) is 13.0 Å². The average molecular weight is 436 g/mol. The van der Waals surface area contributed by atoms with Crippen molar-refractivity contribution in [2.75, 3.05) is 6.61 Å². The summed E-state index contributed by atoms with van der Waals surface area (Å²) in [7, 11) is 0. The molecular weight excluding hydrogens is 418 g/mol. The summed E-state index contributed by atoms with van der Waals surface area (Å²) in [5.74, 6) is 0.821. The first-order chi connectivity index (χ1) is 15.0. The minimum atomic E-state index is -0.721. The molecule has 156 valence electrons. The molecule has 0 aliphatic carbocycles. The van der Waals surface area contributed by atoms with Gasteiger partial charge in [-0.3, -0.25) is 9.78 Å². The summed E-state index contributed by atoms with van der Waals surface area (Å²) in [5, 5.41) is 9.57. The lowest BCUT2D eigenvalue weighted by atomic mass is 10.1. The van der Waals surface area contributed by atoms with Crippen LogP contribution in [-0.4, -0.2) is 26.1 Å². The lowest BCUT2D eigenvalue weighted by Gasteiger charge is -2.18. The number of ether oxygens (including phenoxy) is 1. The topological polar surface area (TPSA) is 114 Å². The highest BCUT2D eigenvalue weighted by atomic mass is 35.5. The van der Waals surface area contributed by atoms with Crippen LogP contribution in [0.4, 0.5) is 0 Å². The van der Waals surface area contributed by atoms with Crippen molar-refractivity contribution in [1.29, 1.82) is 5.26 Å². The number of hydrogen-bond acceptors (Lipinski definition) is 6. The second-order valence-electron chi connectivity index (χ2n) is 6.93. The van der Waals surface area contributed by atoms with Crippen LogP contribution in [0.5, 0.6) is 5.75 Å². The van der Waals surface area contributed by atoms with Gasteiger partial charge in [0, 0.05) is 11.6 Å². The molecule has 2 aliphatic rings. The fourth-order valence-electron chi connectivity index (χ4n) is 3.42. The lowest BCUT2D eigenvalue weighted by molar-refractivity contribution is 0.302. The van der Waals surface area contributed by atoms with Gasteiger partial charge in [0.05, 0.1) is 29.3 Å². The van der Waals surface area contributed by atoms with Gasteiger partial charge in [-0.15, -0.1) is 0 Å². The number of hydrogen-bond donors (Lipinski definition) is 1. The molecule has 2 aromatic rings. The summed E-state index contributed by atoms with van der Waals surface area (Å²) < 4.78 is 7.56. The zero-order chi connectivity index (χ0) is 22.0. The van der Waals surface area contributed by atoms with Gasteiger partial charge in [-0.25, -0.2) is 9.78 Å². The maximum absolute atomic E-state index is 12.3. The number of benzene rings is 2. The van der Waals surface area contributed by atoms with E-state index in [0.717, 1.165) is 17.5 Å². The number of rotatable bonds is 6. The van der Waals surface area contributed by atoms with Crippen LogP contribution in [0.2, 0.25) is 5.02 Å². The second kappa shape index (κ2) is 8.58. The van der Waals surface area contributed by atoms with Crippen molar-refractivity contribution in [3.8, 4) is 23.3 Å². The highest BCUT2D eigenvalue weighted by Crippen LogP contribution is 2.27. The monoisotopic (exact) mass is 435 g/mol. The molecule has 0 atom stereocenters. The fraction of sp³-hybridized carbons (Fsp3) is 0.227. The van der Waals surface area contributed by atoms with Crippen LogP contribution in [0.1, 0.15) is 24.5 Å². The van der Waals surface area contributed by atoms with E-state index in [9.17, 15) is 9.59 Å².